The molecule has 0 saturated carbocycles. The Kier molecular flexibility index (Phi) is 4.84. The minimum absolute atomic E-state index is 0.0835. The summed E-state index contributed by atoms with van der Waals surface area (Å²) in [6, 6.07) is 8.34. The Morgan fingerprint density at radius 1 is 1.33 bits per heavy atom. The summed E-state index contributed by atoms with van der Waals surface area (Å²) in [5, 5.41) is 0. The Balaban J connectivity index is 2.26. The lowest BCUT2D eigenvalue weighted by Crippen LogP contribution is -2.29. The molecule has 15 heavy (non-hydrogen) atoms. The molecule has 0 aliphatic heterocycles. The van der Waals surface area contributed by atoms with E-state index in [4.69, 9.17) is 5.84 Å². The van der Waals surface area contributed by atoms with Crippen LogP contribution in [0.5, 0.6) is 0 Å². The first kappa shape index (κ1) is 11.7. The molecule has 1 aromatic carbocycles. The average molecular weight is 206 g/mol. The van der Waals surface area contributed by atoms with Gasteiger partial charge in [-0.2, -0.15) is 0 Å². The normalized spacial score (nSPS) is 10.0. The van der Waals surface area contributed by atoms with Crippen molar-refractivity contribution in [1.82, 2.24) is 5.43 Å². The predicted molar refractivity (Wildman–Crippen MR) is 61.1 cm³/mol. The first-order valence-corrected chi connectivity index (χ1v) is 5.28. The van der Waals surface area contributed by atoms with E-state index in [1.54, 1.807) is 0 Å². The second kappa shape index (κ2) is 6.19. The highest BCUT2D eigenvalue weighted by Gasteiger charge is 2.00. The van der Waals surface area contributed by atoms with Gasteiger partial charge >= 0.3 is 0 Å². The molecule has 1 rings (SSSR count). The van der Waals surface area contributed by atoms with Gasteiger partial charge in [-0.05, 0) is 37.3 Å². The van der Waals surface area contributed by atoms with E-state index in [1.165, 1.54) is 11.1 Å². The molecule has 0 fully saturated rings. The molecule has 3 heteroatoms. The van der Waals surface area contributed by atoms with E-state index >= 15 is 0 Å². The third-order valence-corrected chi connectivity index (χ3v) is 2.52. The Morgan fingerprint density at radius 2 is 2.07 bits per heavy atom. The number of rotatable bonds is 5. The molecule has 1 amide bonds. The van der Waals surface area contributed by atoms with Crippen LogP contribution in [0, 0.1) is 6.92 Å². The minimum atomic E-state index is -0.0835. The number of unbranched alkanes of at least 4 members (excludes halogenated alkanes) is 1. The monoisotopic (exact) mass is 206 g/mol. The number of benzene rings is 1. The number of amides is 1. The van der Waals surface area contributed by atoms with Crippen molar-refractivity contribution >= 4 is 5.91 Å². The highest BCUT2D eigenvalue weighted by molar-refractivity contribution is 5.75. The predicted octanol–water partition coefficient (Wildman–Crippen LogP) is 1.70. The maximum atomic E-state index is 10.9. The van der Waals surface area contributed by atoms with Gasteiger partial charge in [0.1, 0.15) is 0 Å². The van der Waals surface area contributed by atoms with Crippen molar-refractivity contribution in [3.8, 4) is 0 Å². The molecule has 0 radical (unpaired) electrons. The number of hydrogen-bond acceptors (Lipinski definition) is 2. The fourth-order valence-corrected chi connectivity index (χ4v) is 1.56. The summed E-state index contributed by atoms with van der Waals surface area (Å²) in [4.78, 5) is 10.9. The molecule has 0 bridgehead atoms. The van der Waals surface area contributed by atoms with Crippen molar-refractivity contribution < 1.29 is 4.79 Å². The Labute approximate surface area is 90.6 Å². The van der Waals surface area contributed by atoms with Crippen LogP contribution in [-0.2, 0) is 11.2 Å². The molecule has 0 spiro atoms. The molecule has 0 atom stereocenters. The lowest BCUT2D eigenvalue weighted by Gasteiger charge is -2.04. The van der Waals surface area contributed by atoms with Gasteiger partial charge in [-0.25, -0.2) is 5.84 Å². The van der Waals surface area contributed by atoms with Gasteiger partial charge in [-0.1, -0.05) is 24.3 Å². The molecule has 1 aromatic rings. The Hall–Kier alpha value is -1.35. The summed E-state index contributed by atoms with van der Waals surface area (Å²) in [5.74, 6) is 4.91. The van der Waals surface area contributed by atoms with Crippen LogP contribution >= 0.6 is 0 Å². The summed E-state index contributed by atoms with van der Waals surface area (Å²) < 4.78 is 0. The average Bonchev–Trinajstić information content (AvgIpc) is 2.26. The summed E-state index contributed by atoms with van der Waals surface area (Å²) in [7, 11) is 0. The molecule has 3 N–H and O–H groups in total. The Morgan fingerprint density at radius 3 is 2.73 bits per heavy atom. The number of nitrogens with two attached hydrogens (primary N) is 1. The van der Waals surface area contributed by atoms with Gasteiger partial charge < -0.3 is 0 Å². The summed E-state index contributed by atoms with van der Waals surface area (Å²) >= 11 is 0. The summed E-state index contributed by atoms with van der Waals surface area (Å²) in [6.07, 6.45) is 3.46. The van der Waals surface area contributed by atoms with Gasteiger partial charge in [0.25, 0.3) is 0 Å². The molecule has 3 nitrogen and oxygen atoms in total. The second-order valence-electron chi connectivity index (χ2n) is 3.70. The van der Waals surface area contributed by atoms with Crippen molar-refractivity contribution in [2.45, 2.75) is 32.6 Å². The summed E-state index contributed by atoms with van der Waals surface area (Å²) in [5.41, 5.74) is 4.82. The fraction of sp³-hybridized carbons (Fsp3) is 0.417. The van der Waals surface area contributed by atoms with Gasteiger partial charge in [0.15, 0.2) is 0 Å². The first-order chi connectivity index (χ1) is 7.24. The highest BCUT2D eigenvalue weighted by Crippen LogP contribution is 2.11. The molecule has 0 aliphatic rings. The third kappa shape index (κ3) is 4.13. The number of aryl methyl sites for hydroxylation is 2. The van der Waals surface area contributed by atoms with Crippen molar-refractivity contribution in [1.29, 1.82) is 0 Å². The highest BCUT2D eigenvalue weighted by atomic mass is 16.2. The SMILES string of the molecule is Cc1ccccc1CCCCC(=O)NN. The fourth-order valence-electron chi connectivity index (χ4n) is 1.56. The smallest absolute Gasteiger partial charge is 0.233 e. The zero-order valence-corrected chi connectivity index (χ0v) is 9.12. The van der Waals surface area contributed by atoms with Crippen molar-refractivity contribution in [3.63, 3.8) is 0 Å². The van der Waals surface area contributed by atoms with Gasteiger partial charge in [0.05, 0.1) is 0 Å². The van der Waals surface area contributed by atoms with Crippen LogP contribution in [0.15, 0.2) is 24.3 Å². The van der Waals surface area contributed by atoms with E-state index in [2.05, 4.69) is 30.5 Å². The van der Waals surface area contributed by atoms with Gasteiger partial charge in [-0.3, -0.25) is 10.2 Å². The summed E-state index contributed by atoms with van der Waals surface area (Å²) in [6.45, 7) is 2.11. The standard InChI is InChI=1S/C12H18N2O/c1-10-6-2-3-7-11(10)8-4-5-9-12(15)14-13/h2-3,6-7H,4-5,8-9,13H2,1H3,(H,14,15). The molecule has 0 unspecified atom stereocenters. The van der Waals surface area contributed by atoms with E-state index < -0.39 is 0 Å². The van der Waals surface area contributed by atoms with E-state index in [0.717, 1.165) is 19.3 Å². The molecular formula is C12H18N2O. The van der Waals surface area contributed by atoms with Crippen molar-refractivity contribution in [2.75, 3.05) is 0 Å². The number of nitrogens with one attached hydrogen (secondary N) is 1. The maximum absolute atomic E-state index is 10.9. The number of hydrazine groups is 1. The molecule has 0 aromatic heterocycles. The molecular weight excluding hydrogens is 188 g/mol. The minimum Gasteiger partial charge on any atom is -0.294 e. The van der Waals surface area contributed by atoms with Crippen LogP contribution in [0.25, 0.3) is 0 Å². The van der Waals surface area contributed by atoms with Crippen LogP contribution in [0.1, 0.15) is 30.4 Å². The zero-order valence-electron chi connectivity index (χ0n) is 9.12. The number of carbonyl (C=O) groups excluding carboxylic acids is 1. The molecule has 82 valence electrons. The zero-order chi connectivity index (χ0) is 11.1. The topological polar surface area (TPSA) is 55.1 Å². The maximum Gasteiger partial charge on any atom is 0.233 e. The van der Waals surface area contributed by atoms with Gasteiger partial charge in [-0.15, -0.1) is 0 Å². The van der Waals surface area contributed by atoms with E-state index in [1.807, 2.05) is 6.07 Å². The first-order valence-electron chi connectivity index (χ1n) is 5.28. The van der Waals surface area contributed by atoms with Crippen LogP contribution in [0.3, 0.4) is 0 Å². The van der Waals surface area contributed by atoms with Crippen molar-refractivity contribution in [3.05, 3.63) is 35.4 Å². The molecule has 0 saturated heterocycles. The number of carbonyl (C=O) groups is 1. The second-order valence-corrected chi connectivity index (χ2v) is 3.70. The van der Waals surface area contributed by atoms with E-state index in [0.29, 0.717) is 6.42 Å². The number of hydrogen-bond donors (Lipinski definition) is 2. The van der Waals surface area contributed by atoms with E-state index in [-0.39, 0.29) is 5.91 Å². The molecule has 0 aliphatic carbocycles. The van der Waals surface area contributed by atoms with Gasteiger partial charge in [0.2, 0.25) is 5.91 Å². The van der Waals surface area contributed by atoms with Crippen LogP contribution in [-0.4, -0.2) is 5.91 Å². The lowest BCUT2D eigenvalue weighted by atomic mass is 10.0. The third-order valence-electron chi connectivity index (χ3n) is 2.52. The van der Waals surface area contributed by atoms with E-state index in [9.17, 15) is 4.79 Å². The quantitative estimate of drug-likeness (QED) is 0.333. The van der Waals surface area contributed by atoms with Crippen molar-refractivity contribution in [2.24, 2.45) is 5.84 Å². The van der Waals surface area contributed by atoms with Crippen LogP contribution in [0.2, 0.25) is 0 Å². The van der Waals surface area contributed by atoms with Crippen LogP contribution in [0.4, 0.5) is 0 Å². The molecule has 0 heterocycles. The van der Waals surface area contributed by atoms with Gasteiger partial charge in [0, 0.05) is 6.42 Å². The lowest BCUT2D eigenvalue weighted by molar-refractivity contribution is -0.121. The van der Waals surface area contributed by atoms with Crippen LogP contribution < -0.4 is 11.3 Å². The largest absolute Gasteiger partial charge is 0.294 e. The Bertz CT molecular complexity index is 323.